The lowest BCUT2D eigenvalue weighted by Gasteiger charge is -2.36. The average molecular weight is 299 g/mol. The molecule has 0 saturated heterocycles. The van der Waals surface area contributed by atoms with Crippen LogP contribution in [-0.2, 0) is 11.3 Å². The van der Waals surface area contributed by atoms with Crippen molar-refractivity contribution in [2.45, 2.75) is 39.8 Å². The second kappa shape index (κ2) is 6.21. The Labute approximate surface area is 123 Å². The van der Waals surface area contributed by atoms with Crippen molar-refractivity contribution in [2.75, 3.05) is 13.6 Å². The molecule has 0 aliphatic heterocycles. The number of hydrogen-bond acceptors (Lipinski definition) is 4. The van der Waals surface area contributed by atoms with Gasteiger partial charge >= 0.3 is 12.0 Å². The van der Waals surface area contributed by atoms with Gasteiger partial charge in [0.15, 0.2) is 0 Å². The molecule has 0 aliphatic rings. The van der Waals surface area contributed by atoms with Crippen LogP contribution in [-0.4, -0.2) is 51.0 Å². The minimum absolute atomic E-state index is 0.314. The van der Waals surface area contributed by atoms with E-state index in [1.54, 1.807) is 14.0 Å². The molecular weight excluding hydrogens is 278 g/mol. The summed E-state index contributed by atoms with van der Waals surface area (Å²) in [6.45, 7) is 7.42. The molecule has 1 N–H and O–H groups in total. The van der Waals surface area contributed by atoms with Gasteiger partial charge in [0, 0.05) is 19.0 Å². The maximum absolute atomic E-state index is 12.4. The highest BCUT2D eigenvalue weighted by Crippen LogP contribution is 2.18. The van der Waals surface area contributed by atoms with E-state index >= 15 is 0 Å². The van der Waals surface area contributed by atoms with Crippen LogP contribution in [0.25, 0.3) is 0 Å². The Morgan fingerprint density at radius 2 is 2.05 bits per heavy atom. The second-order valence-corrected chi connectivity index (χ2v) is 6.17. The monoisotopic (exact) mass is 299 g/mol. The molecule has 0 aliphatic carbocycles. The van der Waals surface area contributed by atoms with Crippen LogP contribution in [0.4, 0.5) is 4.79 Å². The molecule has 0 spiro atoms. The fraction of sp³-hybridized carbons (Fsp3) is 0.615. The molecule has 20 heavy (non-hydrogen) atoms. The van der Waals surface area contributed by atoms with Crippen molar-refractivity contribution in [2.24, 2.45) is 0 Å². The van der Waals surface area contributed by atoms with Gasteiger partial charge in [-0.2, -0.15) is 0 Å². The molecule has 0 fully saturated rings. The topological polar surface area (TPSA) is 73.7 Å². The lowest BCUT2D eigenvalue weighted by Crippen LogP contribution is -2.56. The first kappa shape index (κ1) is 16.4. The number of aromatic nitrogens is 1. The van der Waals surface area contributed by atoms with Gasteiger partial charge < -0.3 is 14.9 Å². The minimum Gasteiger partial charge on any atom is -0.480 e. The Kier molecular flexibility index (Phi) is 5.10. The third-order valence-electron chi connectivity index (χ3n) is 3.14. The van der Waals surface area contributed by atoms with E-state index in [1.165, 1.54) is 35.0 Å². The summed E-state index contributed by atoms with van der Waals surface area (Å²) in [4.78, 5) is 30.8. The number of aliphatic carboxylic acids is 1. The summed E-state index contributed by atoms with van der Waals surface area (Å²) < 4.78 is 0. The van der Waals surface area contributed by atoms with Crippen molar-refractivity contribution in [1.82, 2.24) is 14.8 Å². The molecule has 0 unspecified atom stereocenters. The van der Waals surface area contributed by atoms with Crippen molar-refractivity contribution in [3.05, 3.63) is 16.1 Å². The van der Waals surface area contributed by atoms with E-state index in [0.717, 1.165) is 10.7 Å². The maximum Gasteiger partial charge on any atom is 0.329 e. The second-order valence-electron chi connectivity index (χ2n) is 5.10. The van der Waals surface area contributed by atoms with Gasteiger partial charge in [0.2, 0.25) is 0 Å². The fourth-order valence-electron chi connectivity index (χ4n) is 1.88. The molecule has 1 rings (SSSR count). The van der Waals surface area contributed by atoms with Crippen LogP contribution < -0.4 is 0 Å². The number of rotatable bonds is 5. The number of carbonyl (C=O) groups is 2. The van der Waals surface area contributed by atoms with Crippen LogP contribution in [0.3, 0.4) is 0 Å². The summed E-state index contributed by atoms with van der Waals surface area (Å²) in [5, 5.41) is 12.1. The molecule has 1 aromatic rings. The molecule has 1 aromatic heterocycles. The first-order valence-corrected chi connectivity index (χ1v) is 7.25. The molecule has 112 valence electrons. The highest BCUT2D eigenvalue weighted by atomic mass is 32.1. The zero-order valence-electron chi connectivity index (χ0n) is 12.5. The highest BCUT2D eigenvalue weighted by molar-refractivity contribution is 7.09. The van der Waals surface area contributed by atoms with Crippen LogP contribution in [0.2, 0.25) is 0 Å². The van der Waals surface area contributed by atoms with Crippen LogP contribution in [0.1, 0.15) is 31.5 Å². The number of carboxylic acid groups (broad SMARTS) is 1. The van der Waals surface area contributed by atoms with E-state index in [4.69, 9.17) is 0 Å². The lowest BCUT2D eigenvalue weighted by atomic mass is 10.0. The molecule has 0 aromatic carbocycles. The van der Waals surface area contributed by atoms with E-state index in [-0.39, 0.29) is 6.03 Å². The van der Waals surface area contributed by atoms with Crippen molar-refractivity contribution < 1.29 is 14.7 Å². The van der Waals surface area contributed by atoms with E-state index in [0.29, 0.717) is 13.1 Å². The van der Waals surface area contributed by atoms with Gasteiger partial charge in [-0.05, 0) is 27.7 Å². The van der Waals surface area contributed by atoms with Gasteiger partial charge in [-0.15, -0.1) is 11.3 Å². The van der Waals surface area contributed by atoms with Crippen molar-refractivity contribution in [1.29, 1.82) is 0 Å². The fourth-order valence-corrected chi connectivity index (χ4v) is 2.49. The SMILES string of the molecule is CCN(C(=O)N(C)Cc1csc(C)n1)C(C)(C)C(=O)O. The molecule has 0 atom stereocenters. The summed E-state index contributed by atoms with van der Waals surface area (Å²) >= 11 is 1.53. The molecule has 1 heterocycles. The Morgan fingerprint density at radius 1 is 1.45 bits per heavy atom. The van der Waals surface area contributed by atoms with E-state index < -0.39 is 11.5 Å². The van der Waals surface area contributed by atoms with Crippen LogP contribution in [0.15, 0.2) is 5.38 Å². The summed E-state index contributed by atoms with van der Waals surface area (Å²) in [5.74, 6) is -1.02. The summed E-state index contributed by atoms with van der Waals surface area (Å²) in [5.41, 5.74) is -0.425. The molecular formula is C13H21N3O3S. The number of urea groups is 1. The zero-order valence-corrected chi connectivity index (χ0v) is 13.3. The number of amides is 2. The molecule has 7 heteroatoms. The Hall–Kier alpha value is -1.63. The number of aryl methyl sites for hydroxylation is 1. The van der Waals surface area contributed by atoms with Gasteiger partial charge in [0.1, 0.15) is 5.54 Å². The van der Waals surface area contributed by atoms with Gasteiger partial charge in [-0.3, -0.25) is 0 Å². The van der Waals surface area contributed by atoms with Crippen LogP contribution >= 0.6 is 11.3 Å². The predicted octanol–water partition coefficient (Wildman–Crippen LogP) is 2.19. The van der Waals surface area contributed by atoms with E-state index in [9.17, 15) is 14.7 Å². The number of carboxylic acids is 1. The number of nitrogens with zero attached hydrogens (tertiary/aromatic N) is 3. The summed E-state index contributed by atoms with van der Waals surface area (Å²) in [7, 11) is 1.65. The largest absolute Gasteiger partial charge is 0.480 e. The molecule has 0 bridgehead atoms. The number of hydrogen-bond donors (Lipinski definition) is 1. The maximum atomic E-state index is 12.4. The normalized spacial score (nSPS) is 11.2. The third kappa shape index (κ3) is 3.47. The molecule has 0 saturated carbocycles. The van der Waals surface area contributed by atoms with Gasteiger partial charge in [0.25, 0.3) is 0 Å². The molecule has 0 radical (unpaired) electrons. The van der Waals surface area contributed by atoms with Crippen LogP contribution in [0, 0.1) is 6.92 Å². The summed E-state index contributed by atoms with van der Waals surface area (Å²) in [6, 6.07) is -0.314. The molecule has 2 amide bonds. The first-order chi connectivity index (χ1) is 9.20. The standard InChI is InChI=1S/C13H21N3O3S/c1-6-16(13(3,4)11(17)18)12(19)15(5)7-10-8-20-9(2)14-10/h8H,6-7H2,1-5H3,(H,17,18). The molecule has 6 nitrogen and oxygen atoms in total. The zero-order chi connectivity index (χ0) is 15.5. The average Bonchev–Trinajstić information content (AvgIpc) is 2.74. The minimum atomic E-state index is -1.24. The Morgan fingerprint density at radius 3 is 2.45 bits per heavy atom. The smallest absolute Gasteiger partial charge is 0.329 e. The van der Waals surface area contributed by atoms with Gasteiger partial charge in [0.05, 0.1) is 17.2 Å². The Balaban J connectivity index is 2.83. The number of carbonyl (C=O) groups excluding carboxylic acids is 1. The van der Waals surface area contributed by atoms with Crippen molar-refractivity contribution >= 4 is 23.3 Å². The Bertz CT molecular complexity index is 499. The van der Waals surface area contributed by atoms with Gasteiger partial charge in [-0.25, -0.2) is 14.6 Å². The van der Waals surface area contributed by atoms with Gasteiger partial charge in [-0.1, -0.05) is 0 Å². The lowest BCUT2D eigenvalue weighted by molar-refractivity contribution is -0.147. The van der Waals surface area contributed by atoms with E-state index in [2.05, 4.69) is 4.98 Å². The van der Waals surface area contributed by atoms with Crippen molar-refractivity contribution in [3.63, 3.8) is 0 Å². The van der Waals surface area contributed by atoms with E-state index in [1.807, 2.05) is 12.3 Å². The predicted molar refractivity (Wildman–Crippen MR) is 77.8 cm³/mol. The quantitative estimate of drug-likeness (QED) is 0.904. The number of thiazole rings is 1. The number of likely N-dealkylation sites (N-methyl/N-ethyl adjacent to an activating group) is 1. The highest BCUT2D eigenvalue weighted by Gasteiger charge is 2.38. The first-order valence-electron chi connectivity index (χ1n) is 6.37. The van der Waals surface area contributed by atoms with Crippen LogP contribution in [0.5, 0.6) is 0 Å². The summed E-state index contributed by atoms with van der Waals surface area (Å²) in [6.07, 6.45) is 0. The van der Waals surface area contributed by atoms with Crippen molar-refractivity contribution in [3.8, 4) is 0 Å². The third-order valence-corrected chi connectivity index (χ3v) is 3.96.